The highest BCUT2D eigenvalue weighted by Gasteiger charge is 2.26. The Kier molecular flexibility index (Phi) is 11.7. The largest absolute Gasteiger partial charge is 0.450 e. The van der Waals surface area contributed by atoms with Crippen LogP contribution in [-0.2, 0) is 14.3 Å². The number of carbonyl (C=O) groups is 3. The van der Waals surface area contributed by atoms with Crippen LogP contribution in [-0.4, -0.2) is 23.6 Å². The summed E-state index contributed by atoms with van der Waals surface area (Å²) in [6, 6.07) is 6.35. The number of ketones is 2. The van der Waals surface area contributed by atoms with Gasteiger partial charge in [-0.2, -0.15) is 0 Å². The van der Waals surface area contributed by atoms with Crippen molar-refractivity contribution in [2.75, 3.05) is 0 Å². The van der Waals surface area contributed by atoms with E-state index >= 15 is 0 Å². The smallest absolute Gasteiger partial charge is 0.338 e. The highest BCUT2D eigenvalue weighted by Crippen LogP contribution is 2.16. The Balaban J connectivity index is 2.43. The van der Waals surface area contributed by atoms with Crippen molar-refractivity contribution in [3.8, 4) is 0 Å². The summed E-state index contributed by atoms with van der Waals surface area (Å²) in [5, 5.41) is 0.415. The van der Waals surface area contributed by atoms with Crippen LogP contribution in [0.4, 0.5) is 0 Å². The average molecular weight is 395 g/mol. The molecule has 0 spiro atoms. The second-order valence-corrected chi connectivity index (χ2v) is 7.38. The summed E-state index contributed by atoms with van der Waals surface area (Å²) in [4.78, 5) is 35.8. The molecule has 1 aromatic rings. The molecule has 0 heterocycles. The monoisotopic (exact) mass is 394 g/mol. The number of halogens is 1. The number of benzene rings is 1. The molecule has 27 heavy (non-hydrogen) atoms. The van der Waals surface area contributed by atoms with Crippen LogP contribution in [0.5, 0.6) is 0 Å². The lowest BCUT2D eigenvalue weighted by Crippen LogP contribution is -2.31. The molecule has 0 amide bonds. The quantitative estimate of drug-likeness (QED) is 0.222. The fourth-order valence-corrected chi connectivity index (χ4v) is 3.11. The molecule has 0 fully saturated rings. The van der Waals surface area contributed by atoms with Gasteiger partial charge in [0.1, 0.15) is 0 Å². The molecule has 4 nitrogen and oxygen atoms in total. The average Bonchev–Trinajstić information content (AvgIpc) is 2.64. The summed E-state index contributed by atoms with van der Waals surface area (Å²) in [5.41, 5.74) is 0.274. The molecule has 0 saturated heterocycles. The number of ether oxygens (including phenoxy) is 1. The van der Waals surface area contributed by atoms with E-state index in [2.05, 4.69) is 6.92 Å². The maximum atomic E-state index is 12.3. The summed E-state index contributed by atoms with van der Waals surface area (Å²) < 4.78 is 5.32. The maximum absolute atomic E-state index is 12.3. The minimum Gasteiger partial charge on any atom is -0.450 e. The van der Waals surface area contributed by atoms with Crippen LogP contribution in [0.1, 0.15) is 88.4 Å². The van der Waals surface area contributed by atoms with Gasteiger partial charge in [-0.3, -0.25) is 9.59 Å². The fraction of sp³-hybridized carbons (Fsp3) is 0.591. The Labute approximate surface area is 167 Å². The highest BCUT2D eigenvalue weighted by molar-refractivity contribution is 6.38. The molecule has 0 aliphatic heterocycles. The van der Waals surface area contributed by atoms with E-state index in [-0.39, 0.29) is 5.56 Å². The number of unbranched alkanes of at least 4 members (excludes halogenated alkanes) is 8. The molecule has 5 heteroatoms. The van der Waals surface area contributed by atoms with Gasteiger partial charge in [-0.25, -0.2) is 4.79 Å². The van der Waals surface area contributed by atoms with Gasteiger partial charge in [0.15, 0.2) is 11.9 Å². The van der Waals surface area contributed by atoms with Crippen molar-refractivity contribution in [3.63, 3.8) is 0 Å². The van der Waals surface area contributed by atoms with E-state index in [0.717, 1.165) is 19.3 Å². The molecule has 1 unspecified atom stereocenters. The van der Waals surface area contributed by atoms with Crippen LogP contribution in [0.2, 0.25) is 5.02 Å². The number of rotatable bonds is 14. The standard InChI is InChI=1S/C22H31ClO4/c1-3-4-5-6-7-8-9-10-11-15-20(21(25)17(2)24)27-22(26)18-13-12-14-19(23)16-18/h12-14,16,20H,3-11,15H2,1-2H3. The second kappa shape index (κ2) is 13.5. The lowest BCUT2D eigenvalue weighted by Gasteiger charge is -2.15. The molecule has 0 bridgehead atoms. The molecule has 0 saturated carbocycles. The lowest BCUT2D eigenvalue weighted by molar-refractivity contribution is -0.141. The van der Waals surface area contributed by atoms with Crippen molar-refractivity contribution in [2.45, 2.75) is 84.2 Å². The Bertz CT molecular complexity index is 612. The van der Waals surface area contributed by atoms with Gasteiger partial charge in [-0.05, 0) is 31.0 Å². The zero-order valence-electron chi connectivity index (χ0n) is 16.5. The number of esters is 1. The zero-order chi connectivity index (χ0) is 20.1. The highest BCUT2D eigenvalue weighted by atomic mass is 35.5. The number of hydrogen-bond acceptors (Lipinski definition) is 4. The molecule has 150 valence electrons. The third-order valence-electron chi connectivity index (χ3n) is 4.52. The van der Waals surface area contributed by atoms with Crippen LogP contribution >= 0.6 is 11.6 Å². The minimum atomic E-state index is -1.02. The van der Waals surface area contributed by atoms with Crippen LogP contribution in [0.3, 0.4) is 0 Å². The van der Waals surface area contributed by atoms with Crippen LogP contribution in [0, 0.1) is 0 Å². The maximum Gasteiger partial charge on any atom is 0.338 e. The van der Waals surface area contributed by atoms with E-state index in [1.54, 1.807) is 18.2 Å². The number of carbonyl (C=O) groups excluding carboxylic acids is 3. The van der Waals surface area contributed by atoms with Gasteiger partial charge in [-0.1, -0.05) is 76.0 Å². The van der Waals surface area contributed by atoms with Gasteiger partial charge in [-0.15, -0.1) is 0 Å². The summed E-state index contributed by atoms with van der Waals surface area (Å²) >= 11 is 5.88. The van der Waals surface area contributed by atoms with Gasteiger partial charge >= 0.3 is 5.97 Å². The van der Waals surface area contributed by atoms with Crippen LogP contribution in [0.25, 0.3) is 0 Å². The first-order valence-corrected chi connectivity index (χ1v) is 10.3. The van der Waals surface area contributed by atoms with Crippen molar-refractivity contribution in [2.24, 2.45) is 0 Å². The zero-order valence-corrected chi connectivity index (χ0v) is 17.2. The molecular formula is C22H31ClO4. The fourth-order valence-electron chi connectivity index (χ4n) is 2.92. The van der Waals surface area contributed by atoms with Gasteiger partial charge in [0.25, 0.3) is 0 Å². The summed E-state index contributed by atoms with van der Waals surface area (Å²) in [7, 11) is 0. The predicted octanol–water partition coefficient (Wildman–Crippen LogP) is 5.94. The normalized spacial score (nSPS) is 11.8. The second-order valence-electron chi connectivity index (χ2n) is 6.94. The summed E-state index contributed by atoms with van der Waals surface area (Å²) in [5.74, 6) is -1.87. The van der Waals surface area contributed by atoms with Gasteiger partial charge < -0.3 is 4.74 Å². The molecular weight excluding hydrogens is 364 g/mol. The van der Waals surface area contributed by atoms with Crippen molar-refractivity contribution in [1.29, 1.82) is 0 Å². The molecule has 0 aromatic heterocycles. The van der Waals surface area contributed by atoms with Gasteiger partial charge in [0, 0.05) is 11.9 Å². The molecule has 0 aliphatic rings. The third kappa shape index (κ3) is 9.71. The molecule has 0 aliphatic carbocycles. The van der Waals surface area contributed by atoms with E-state index < -0.39 is 23.6 Å². The molecule has 1 aromatic carbocycles. The minimum absolute atomic E-state index is 0.274. The van der Waals surface area contributed by atoms with E-state index in [0.29, 0.717) is 11.4 Å². The predicted molar refractivity (Wildman–Crippen MR) is 108 cm³/mol. The van der Waals surface area contributed by atoms with Crippen molar-refractivity contribution < 1.29 is 19.1 Å². The van der Waals surface area contributed by atoms with Crippen LogP contribution in [0.15, 0.2) is 24.3 Å². The van der Waals surface area contributed by atoms with E-state index in [1.807, 2.05) is 0 Å². The Morgan fingerprint density at radius 3 is 2.11 bits per heavy atom. The first-order valence-electron chi connectivity index (χ1n) is 9.97. The van der Waals surface area contributed by atoms with Gasteiger partial charge in [0.05, 0.1) is 5.56 Å². The number of Topliss-reactive ketones (excluding diaryl/α,β-unsaturated/α-hetero) is 2. The lowest BCUT2D eigenvalue weighted by atomic mass is 10.0. The molecule has 1 rings (SSSR count). The SMILES string of the molecule is CCCCCCCCCCCC(OC(=O)c1cccc(Cl)c1)C(=O)C(C)=O. The van der Waals surface area contributed by atoms with Gasteiger partial charge in [0.2, 0.25) is 5.78 Å². The molecule has 1 atom stereocenters. The van der Waals surface area contributed by atoms with Crippen molar-refractivity contribution >= 4 is 29.1 Å². The molecule has 0 radical (unpaired) electrons. The molecule has 0 N–H and O–H groups in total. The Hall–Kier alpha value is -1.68. The first kappa shape index (κ1) is 23.4. The third-order valence-corrected chi connectivity index (χ3v) is 4.75. The van der Waals surface area contributed by atoms with E-state index in [9.17, 15) is 14.4 Å². The van der Waals surface area contributed by atoms with E-state index in [1.165, 1.54) is 51.5 Å². The summed E-state index contributed by atoms with van der Waals surface area (Å²) in [6.07, 6.45) is 9.70. The number of hydrogen-bond donors (Lipinski definition) is 0. The van der Waals surface area contributed by atoms with Crippen molar-refractivity contribution in [1.82, 2.24) is 0 Å². The summed E-state index contributed by atoms with van der Waals surface area (Å²) in [6.45, 7) is 3.41. The van der Waals surface area contributed by atoms with E-state index in [4.69, 9.17) is 16.3 Å². The van der Waals surface area contributed by atoms with Crippen molar-refractivity contribution in [3.05, 3.63) is 34.9 Å². The Morgan fingerprint density at radius 1 is 0.963 bits per heavy atom. The topological polar surface area (TPSA) is 60.4 Å². The Morgan fingerprint density at radius 2 is 1.56 bits per heavy atom. The van der Waals surface area contributed by atoms with Crippen LogP contribution < -0.4 is 0 Å². The first-order chi connectivity index (χ1) is 13.0.